The molecular formula is C52H84N2O2. The van der Waals surface area contributed by atoms with Crippen molar-refractivity contribution in [3.63, 3.8) is 0 Å². The lowest BCUT2D eigenvalue weighted by Gasteiger charge is -2.35. The Kier molecular flexibility index (Phi) is 25.7. The van der Waals surface area contributed by atoms with E-state index in [0.717, 1.165) is 37.3 Å². The Labute approximate surface area is 345 Å². The lowest BCUT2D eigenvalue weighted by Crippen LogP contribution is -2.33. The van der Waals surface area contributed by atoms with E-state index in [1.165, 1.54) is 165 Å². The molecule has 56 heavy (non-hydrogen) atoms. The molecule has 0 spiro atoms. The van der Waals surface area contributed by atoms with Crippen molar-refractivity contribution in [2.75, 3.05) is 26.2 Å². The fourth-order valence-electron chi connectivity index (χ4n) is 8.59. The molecule has 0 heterocycles. The summed E-state index contributed by atoms with van der Waals surface area (Å²) in [4.78, 5) is 5.35. The molecule has 3 rings (SSSR count). The second kappa shape index (κ2) is 30.3. The van der Waals surface area contributed by atoms with Gasteiger partial charge in [0.1, 0.15) is 11.5 Å². The molecule has 4 heteroatoms. The molecule has 0 amide bonds. The maximum Gasteiger partial charge on any atom is 0.120 e. The Morgan fingerprint density at radius 2 is 0.589 bits per heavy atom. The minimum absolute atomic E-state index is 0.0116. The summed E-state index contributed by atoms with van der Waals surface area (Å²) in [6.45, 7) is 13.3. The van der Waals surface area contributed by atoms with Crippen LogP contribution in [0.4, 0.5) is 0 Å². The van der Waals surface area contributed by atoms with Gasteiger partial charge in [-0.1, -0.05) is 217 Å². The van der Waals surface area contributed by atoms with E-state index in [0.29, 0.717) is 11.5 Å². The number of nitrogens with zero attached hydrogens (tertiary/aromatic N) is 2. The fraction of sp³-hybridized carbons (Fsp3) is 0.654. The average Bonchev–Trinajstić information content (AvgIpc) is 3.21. The van der Waals surface area contributed by atoms with Crippen molar-refractivity contribution in [1.29, 1.82) is 0 Å². The number of hydrogen-bond donors (Lipinski definition) is 2. The number of phenolic OH excluding ortho intramolecular Hbond substituents is 2. The van der Waals surface area contributed by atoms with Gasteiger partial charge in [0.05, 0.1) is 12.1 Å². The van der Waals surface area contributed by atoms with Gasteiger partial charge in [0, 0.05) is 11.1 Å². The van der Waals surface area contributed by atoms with Crippen LogP contribution >= 0.6 is 0 Å². The Hall–Kier alpha value is -2.82. The van der Waals surface area contributed by atoms with E-state index in [9.17, 15) is 10.2 Å². The molecule has 0 bridgehead atoms. The first-order valence-corrected chi connectivity index (χ1v) is 23.7. The van der Waals surface area contributed by atoms with Gasteiger partial charge in [-0.15, -0.1) is 0 Å². The number of hydrogen-bond acceptors (Lipinski definition) is 4. The van der Waals surface area contributed by atoms with Crippen LogP contribution in [0.3, 0.4) is 0 Å². The Bertz CT molecular complexity index is 1240. The van der Waals surface area contributed by atoms with Crippen molar-refractivity contribution in [3.8, 4) is 11.5 Å². The summed E-state index contributed by atoms with van der Waals surface area (Å²) in [6.07, 6.45) is 30.7. The van der Waals surface area contributed by atoms with Gasteiger partial charge in [0.15, 0.2) is 0 Å². The second-order valence-corrected chi connectivity index (χ2v) is 16.7. The molecular weight excluding hydrogens is 685 g/mol. The number of phenols is 2. The molecule has 314 valence electrons. The number of rotatable bonds is 34. The van der Waals surface area contributed by atoms with Crippen LogP contribution in [0.1, 0.15) is 216 Å². The largest absolute Gasteiger partial charge is 0.508 e. The molecule has 0 fully saturated rings. The van der Waals surface area contributed by atoms with Gasteiger partial charge in [0.2, 0.25) is 0 Å². The quantitative estimate of drug-likeness (QED) is 0.0594. The summed E-state index contributed by atoms with van der Waals surface area (Å²) >= 11 is 0. The van der Waals surface area contributed by atoms with E-state index in [4.69, 9.17) is 0 Å². The van der Waals surface area contributed by atoms with Gasteiger partial charge in [-0.25, -0.2) is 0 Å². The van der Waals surface area contributed by atoms with Crippen molar-refractivity contribution in [2.45, 2.75) is 194 Å². The van der Waals surface area contributed by atoms with E-state index >= 15 is 0 Å². The van der Waals surface area contributed by atoms with Crippen molar-refractivity contribution >= 4 is 0 Å². The van der Waals surface area contributed by atoms with Crippen LogP contribution in [0.25, 0.3) is 0 Å². The molecule has 0 aliphatic carbocycles. The van der Waals surface area contributed by atoms with Gasteiger partial charge in [-0.3, -0.25) is 9.80 Å². The molecule has 0 saturated carbocycles. The fourth-order valence-corrected chi connectivity index (χ4v) is 8.59. The van der Waals surface area contributed by atoms with Crippen molar-refractivity contribution in [3.05, 3.63) is 95.1 Å². The molecule has 0 radical (unpaired) electrons. The van der Waals surface area contributed by atoms with Crippen LogP contribution in [-0.4, -0.2) is 46.2 Å². The van der Waals surface area contributed by atoms with Gasteiger partial charge in [0.25, 0.3) is 0 Å². The maximum absolute atomic E-state index is 11.4. The zero-order chi connectivity index (χ0) is 40.1. The monoisotopic (exact) mass is 769 g/mol. The number of benzene rings is 3. The van der Waals surface area contributed by atoms with Crippen LogP contribution in [0.15, 0.2) is 72.8 Å². The molecule has 2 unspecified atom stereocenters. The minimum atomic E-state index is -0.0116. The van der Waals surface area contributed by atoms with Crippen LogP contribution in [-0.2, 0) is 0 Å². The third-order valence-corrected chi connectivity index (χ3v) is 12.0. The molecule has 2 atom stereocenters. The summed E-state index contributed by atoms with van der Waals surface area (Å²) < 4.78 is 0. The molecule has 0 saturated heterocycles. The summed E-state index contributed by atoms with van der Waals surface area (Å²) in [5.41, 5.74) is 4.48. The molecule has 4 nitrogen and oxygen atoms in total. The Morgan fingerprint density at radius 3 is 0.857 bits per heavy atom. The highest BCUT2D eigenvalue weighted by Crippen LogP contribution is 2.39. The Morgan fingerprint density at radius 1 is 0.339 bits per heavy atom. The SMILES string of the molecule is CCCCCCCCN(CCCCCCCC)C(c1ccc(C(c2ccccc2O)N(CCCCCCCC)CCCCCCCC)cc1)c1ccccc1O. The average molecular weight is 769 g/mol. The van der Waals surface area contributed by atoms with E-state index < -0.39 is 0 Å². The van der Waals surface area contributed by atoms with E-state index in [1.807, 2.05) is 24.3 Å². The first kappa shape index (κ1) is 47.6. The topological polar surface area (TPSA) is 46.9 Å². The molecule has 0 aliphatic rings. The van der Waals surface area contributed by atoms with E-state index in [1.54, 1.807) is 0 Å². The molecule has 3 aromatic carbocycles. The lowest BCUT2D eigenvalue weighted by molar-refractivity contribution is 0.209. The molecule has 0 aromatic heterocycles. The maximum atomic E-state index is 11.4. The third-order valence-electron chi connectivity index (χ3n) is 12.0. The highest BCUT2D eigenvalue weighted by Gasteiger charge is 2.28. The van der Waals surface area contributed by atoms with E-state index in [-0.39, 0.29) is 12.1 Å². The third kappa shape index (κ3) is 17.8. The van der Waals surface area contributed by atoms with Crippen LogP contribution in [0.2, 0.25) is 0 Å². The normalized spacial score (nSPS) is 12.8. The van der Waals surface area contributed by atoms with Crippen LogP contribution < -0.4 is 0 Å². The van der Waals surface area contributed by atoms with E-state index in [2.05, 4.69) is 86.0 Å². The summed E-state index contributed by atoms with van der Waals surface area (Å²) in [7, 11) is 0. The Balaban J connectivity index is 1.97. The van der Waals surface area contributed by atoms with Gasteiger partial charge in [-0.05, 0) is 75.1 Å². The number of unbranched alkanes of at least 4 members (excludes halogenated alkanes) is 20. The predicted molar refractivity (Wildman–Crippen MR) is 243 cm³/mol. The second-order valence-electron chi connectivity index (χ2n) is 16.7. The van der Waals surface area contributed by atoms with Gasteiger partial charge in [-0.2, -0.15) is 0 Å². The number of para-hydroxylation sites is 2. The van der Waals surface area contributed by atoms with Crippen LogP contribution in [0, 0.1) is 0 Å². The van der Waals surface area contributed by atoms with Crippen molar-refractivity contribution in [1.82, 2.24) is 9.80 Å². The summed E-state index contributed by atoms with van der Waals surface area (Å²) in [5, 5.41) is 22.7. The van der Waals surface area contributed by atoms with Crippen molar-refractivity contribution < 1.29 is 10.2 Å². The highest BCUT2D eigenvalue weighted by molar-refractivity contribution is 5.45. The molecule has 0 aliphatic heterocycles. The zero-order valence-corrected chi connectivity index (χ0v) is 36.7. The highest BCUT2D eigenvalue weighted by atomic mass is 16.3. The van der Waals surface area contributed by atoms with Crippen LogP contribution in [0.5, 0.6) is 11.5 Å². The minimum Gasteiger partial charge on any atom is -0.508 e. The summed E-state index contributed by atoms with van der Waals surface area (Å²) in [5.74, 6) is 0.766. The molecule has 2 N–H and O–H groups in total. The standard InChI is InChI=1S/C52H84N2O2/c1-5-9-13-17-21-29-41-53(42-30-22-18-14-10-6-2)51(47-33-25-27-35-49(47)55)45-37-39-46(40-38-45)52(48-34-26-28-36-50(48)56)54(43-31-23-19-15-11-7-3)44-32-24-20-16-12-8-4/h25-28,33-40,51-52,55-56H,5-24,29-32,41-44H2,1-4H3. The van der Waals surface area contributed by atoms with Gasteiger partial charge >= 0.3 is 0 Å². The lowest BCUT2D eigenvalue weighted by atomic mass is 9.91. The first-order valence-electron chi connectivity index (χ1n) is 23.7. The zero-order valence-electron chi connectivity index (χ0n) is 36.7. The predicted octanol–water partition coefficient (Wildman–Crippen LogP) is 15.3. The first-order chi connectivity index (χ1) is 27.5. The van der Waals surface area contributed by atoms with Gasteiger partial charge < -0.3 is 10.2 Å². The summed E-state index contributed by atoms with van der Waals surface area (Å²) in [6, 6.07) is 25.4. The number of aromatic hydroxyl groups is 2. The molecule has 3 aromatic rings. The smallest absolute Gasteiger partial charge is 0.120 e. The van der Waals surface area contributed by atoms with Crippen molar-refractivity contribution in [2.24, 2.45) is 0 Å².